The summed E-state index contributed by atoms with van der Waals surface area (Å²) >= 11 is 0. The molecule has 0 aliphatic heterocycles. The number of rotatable bonds is 11. The summed E-state index contributed by atoms with van der Waals surface area (Å²) in [4.78, 5) is 24.1. The lowest BCUT2D eigenvalue weighted by molar-refractivity contribution is -0.157. The first kappa shape index (κ1) is 20.1. The molecule has 0 heterocycles. The van der Waals surface area contributed by atoms with Crippen LogP contribution in [0.15, 0.2) is 30.3 Å². The van der Waals surface area contributed by atoms with Crippen molar-refractivity contribution in [2.24, 2.45) is 11.7 Å². The molecule has 0 saturated carbocycles. The number of ether oxygens (including phenoxy) is 1. The van der Waals surface area contributed by atoms with Crippen molar-refractivity contribution < 1.29 is 14.3 Å². The number of amides is 1. The van der Waals surface area contributed by atoms with Crippen LogP contribution in [-0.2, 0) is 20.7 Å². The first-order chi connectivity index (χ1) is 11.5. The highest BCUT2D eigenvalue weighted by Crippen LogP contribution is 2.10. The lowest BCUT2D eigenvalue weighted by atomic mass is 10.0. The van der Waals surface area contributed by atoms with Gasteiger partial charge in [-0.3, -0.25) is 9.59 Å². The molecular formula is C18H29N3O3. The highest BCUT2D eigenvalue weighted by molar-refractivity contribution is 5.84. The zero-order valence-corrected chi connectivity index (χ0v) is 14.7. The number of nitrogens with two attached hydrogens (primary N) is 1. The van der Waals surface area contributed by atoms with Gasteiger partial charge in [0.2, 0.25) is 0 Å². The van der Waals surface area contributed by atoms with E-state index in [9.17, 15) is 9.59 Å². The molecule has 134 valence electrons. The molecule has 0 bridgehead atoms. The molecule has 2 unspecified atom stereocenters. The van der Waals surface area contributed by atoms with E-state index >= 15 is 0 Å². The summed E-state index contributed by atoms with van der Waals surface area (Å²) in [7, 11) is 1.88. The van der Waals surface area contributed by atoms with E-state index in [0.29, 0.717) is 6.54 Å². The van der Waals surface area contributed by atoms with Crippen molar-refractivity contribution in [1.82, 2.24) is 10.6 Å². The Morgan fingerprint density at radius 1 is 1.17 bits per heavy atom. The smallest absolute Gasteiger partial charge is 0.324 e. The van der Waals surface area contributed by atoms with Crippen LogP contribution in [0.2, 0.25) is 0 Å². The van der Waals surface area contributed by atoms with Crippen LogP contribution in [0.4, 0.5) is 0 Å². The minimum atomic E-state index is -0.958. The Hall–Kier alpha value is -1.92. The fourth-order valence-corrected chi connectivity index (χ4v) is 2.36. The Morgan fingerprint density at radius 2 is 1.83 bits per heavy atom. The summed E-state index contributed by atoms with van der Waals surface area (Å²) in [5.41, 5.74) is 6.30. The monoisotopic (exact) mass is 335 g/mol. The number of primary amides is 1. The zero-order chi connectivity index (χ0) is 17.9. The standard InChI is InChI=1S/C18H29N3O3/c1-13(2)16(21-11-7-10-20-3)18(23)24-15(17(19)22)12-14-8-5-4-6-9-14/h4-6,8-9,13,15-16,20-21H,7,10-12H2,1-3H3,(H2,19,22). The van der Waals surface area contributed by atoms with Crippen LogP contribution in [0.5, 0.6) is 0 Å². The molecule has 1 rings (SSSR count). The first-order valence-electron chi connectivity index (χ1n) is 8.37. The third-order valence-electron chi connectivity index (χ3n) is 3.73. The first-order valence-corrected chi connectivity index (χ1v) is 8.37. The molecule has 0 saturated heterocycles. The second-order valence-corrected chi connectivity index (χ2v) is 6.15. The van der Waals surface area contributed by atoms with Crippen molar-refractivity contribution >= 4 is 11.9 Å². The lowest BCUT2D eigenvalue weighted by Crippen LogP contribution is -2.46. The molecule has 2 atom stereocenters. The number of esters is 1. The van der Waals surface area contributed by atoms with Gasteiger partial charge in [0.15, 0.2) is 6.10 Å². The van der Waals surface area contributed by atoms with E-state index in [-0.39, 0.29) is 12.3 Å². The Balaban J connectivity index is 2.65. The van der Waals surface area contributed by atoms with Crippen molar-refractivity contribution in [3.8, 4) is 0 Å². The van der Waals surface area contributed by atoms with Gasteiger partial charge in [-0.1, -0.05) is 44.2 Å². The quantitative estimate of drug-likeness (QED) is 0.412. The van der Waals surface area contributed by atoms with Crippen LogP contribution in [0, 0.1) is 5.92 Å². The number of benzene rings is 1. The van der Waals surface area contributed by atoms with Gasteiger partial charge in [-0.25, -0.2) is 0 Å². The van der Waals surface area contributed by atoms with Crippen molar-refractivity contribution in [2.45, 2.75) is 38.8 Å². The number of hydrogen-bond acceptors (Lipinski definition) is 5. The van der Waals surface area contributed by atoms with Crippen LogP contribution in [0.1, 0.15) is 25.8 Å². The molecular weight excluding hydrogens is 306 g/mol. The second-order valence-electron chi connectivity index (χ2n) is 6.15. The molecule has 0 radical (unpaired) electrons. The molecule has 0 spiro atoms. The van der Waals surface area contributed by atoms with Crippen molar-refractivity contribution in [3.05, 3.63) is 35.9 Å². The maximum atomic E-state index is 12.4. The number of nitrogens with one attached hydrogen (secondary N) is 2. The van der Waals surface area contributed by atoms with Gasteiger partial charge in [0, 0.05) is 6.42 Å². The normalized spacial score (nSPS) is 13.5. The van der Waals surface area contributed by atoms with Gasteiger partial charge < -0.3 is 21.1 Å². The maximum absolute atomic E-state index is 12.4. The van der Waals surface area contributed by atoms with Gasteiger partial charge in [0.1, 0.15) is 6.04 Å². The number of hydrogen-bond donors (Lipinski definition) is 3. The van der Waals surface area contributed by atoms with E-state index in [0.717, 1.165) is 18.5 Å². The van der Waals surface area contributed by atoms with Crippen LogP contribution < -0.4 is 16.4 Å². The molecule has 24 heavy (non-hydrogen) atoms. The van der Waals surface area contributed by atoms with Gasteiger partial charge in [-0.15, -0.1) is 0 Å². The minimum Gasteiger partial charge on any atom is -0.451 e. The van der Waals surface area contributed by atoms with Crippen molar-refractivity contribution in [2.75, 3.05) is 20.1 Å². The van der Waals surface area contributed by atoms with E-state index in [1.807, 2.05) is 51.2 Å². The summed E-state index contributed by atoms with van der Waals surface area (Å²) in [5.74, 6) is -1.02. The topological polar surface area (TPSA) is 93.4 Å². The van der Waals surface area contributed by atoms with E-state index in [4.69, 9.17) is 10.5 Å². The molecule has 6 nitrogen and oxygen atoms in total. The van der Waals surface area contributed by atoms with Crippen LogP contribution in [-0.4, -0.2) is 44.2 Å². The van der Waals surface area contributed by atoms with Crippen LogP contribution in [0.3, 0.4) is 0 Å². The van der Waals surface area contributed by atoms with Gasteiger partial charge in [0.05, 0.1) is 0 Å². The minimum absolute atomic E-state index is 0.0531. The fraction of sp³-hybridized carbons (Fsp3) is 0.556. The molecule has 0 aromatic heterocycles. The molecule has 1 aromatic rings. The van der Waals surface area contributed by atoms with Crippen LogP contribution in [0.25, 0.3) is 0 Å². The van der Waals surface area contributed by atoms with Crippen molar-refractivity contribution in [1.29, 1.82) is 0 Å². The molecule has 1 amide bonds. The highest BCUT2D eigenvalue weighted by atomic mass is 16.5. The van der Waals surface area contributed by atoms with Gasteiger partial charge in [0.25, 0.3) is 5.91 Å². The third kappa shape index (κ3) is 7.10. The summed E-state index contributed by atoms with van der Waals surface area (Å²) in [6.07, 6.45) is 0.225. The molecule has 0 aliphatic rings. The number of carbonyl (C=O) groups is 2. The fourth-order valence-electron chi connectivity index (χ4n) is 2.36. The summed E-state index contributed by atoms with van der Waals surface area (Å²) in [5, 5.41) is 6.25. The molecule has 1 aromatic carbocycles. The predicted octanol–water partition coefficient (Wildman–Crippen LogP) is 0.850. The van der Waals surface area contributed by atoms with Crippen LogP contribution >= 0.6 is 0 Å². The summed E-state index contributed by atoms with van der Waals surface area (Å²) in [6, 6.07) is 8.92. The molecule has 4 N–H and O–H groups in total. The Kier molecular flexibility index (Phi) is 9.04. The SMILES string of the molecule is CNCCCNC(C(=O)OC(Cc1ccccc1)C(N)=O)C(C)C. The average molecular weight is 335 g/mol. The van der Waals surface area contributed by atoms with E-state index in [1.54, 1.807) is 0 Å². The van der Waals surface area contributed by atoms with Crippen molar-refractivity contribution in [3.63, 3.8) is 0 Å². The maximum Gasteiger partial charge on any atom is 0.324 e. The Labute approximate surface area is 144 Å². The Bertz CT molecular complexity index is 505. The predicted molar refractivity (Wildman–Crippen MR) is 94.4 cm³/mol. The summed E-state index contributed by atoms with van der Waals surface area (Å²) in [6.45, 7) is 5.43. The average Bonchev–Trinajstić information content (AvgIpc) is 2.54. The van der Waals surface area contributed by atoms with E-state index in [1.165, 1.54) is 0 Å². The lowest BCUT2D eigenvalue weighted by Gasteiger charge is -2.23. The van der Waals surface area contributed by atoms with Gasteiger partial charge in [-0.2, -0.15) is 0 Å². The van der Waals surface area contributed by atoms with Gasteiger partial charge in [-0.05, 0) is 38.0 Å². The summed E-state index contributed by atoms with van der Waals surface area (Å²) < 4.78 is 5.40. The third-order valence-corrected chi connectivity index (χ3v) is 3.73. The zero-order valence-electron chi connectivity index (χ0n) is 14.7. The largest absolute Gasteiger partial charge is 0.451 e. The second kappa shape index (κ2) is 10.8. The molecule has 0 aliphatic carbocycles. The molecule has 6 heteroatoms. The Morgan fingerprint density at radius 3 is 2.38 bits per heavy atom. The highest BCUT2D eigenvalue weighted by Gasteiger charge is 2.28. The molecule has 0 fully saturated rings. The number of carbonyl (C=O) groups excluding carboxylic acids is 2. The van der Waals surface area contributed by atoms with Gasteiger partial charge >= 0.3 is 5.97 Å². The van der Waals surface area contributed by atoms with E-state index in [2.05, 4.69) is 10.6 Å². The van der Waals surface area contributed by atoms with E-state index < -0.39 is 24.0 Å².